The normalized spacial score (nSPS) is 15.7. The Labute approximate surface area is 187 Å². The molecular weight excluding hydrogens is 416 g/mol. The number of aliphatic hydroxyl groups is 1. The van der Waals surface area contributed by atoms with Gasteiger partial charge in [0.15, 0.2) is 0 Å². The maximum atomic E-state index is 12.9. The van der Waals surface area contributed by atoms with Crippen LogP contribution >= 0.6 is 0 Å². The van der Waals surface area contributed by atoms with Crippen LogP contribution in [0.3, 0.4) is 0 Å². The number of carbonyl (C=O) groups is 4. The Balaban J connectivity index is 3.00. The molecule has 0 radical (unpaired) electrons. The Bertz CT molecular complexity index is 784. The molecule has 0 spiro atoms. The molecule has 178 valence electrons. The first-order valence-corrected chi connectivity index (χ1v) is 10.5. The molecule has 10 nitrogen and oxygen atoms in total. The number of nitrogens with one attached hydrogen (secondary N) is 3. The van der Waals surface area contributed by atoms with Crippen molar-refractivity contribution in [1.82, 2.24) is 16.0 Å². The van der Waals surface area contributed by atoms with E-state index < -0.39 is 54.0 Å². The molecule has 10 heteroatoms. The van der Waals surface area contributed by atoms with Gasteiger partial charge in [0.1, 0.15) is 18.1 Å². The summed E-state index contributed by atoms with van der Waals surface area (Å²) in [7, 11) is 0. The van der Waals surface area contributed by atoms with Crippen molar-refractivity contribution in [3.63, 3.8) is 0 Å². The molecule has 5 unspecified atom stereocenters. The van der Waals surface area contributed by atoms with Crippen LogP contribution < -0.4 is 21.7 Å². The Morgan fingerprint density at radius 1 is 0.906 bits per heavy atom. The maximum Gasteiger partial charge on any atom is 0.325 e. The molecule has 7 N–H and O–H groups in total. The maximum absolute atomic E-state index is 12.9. The minimum atomic E-state index is -1.34. The lowest BCUT2D eigenvalue weighted by Crippen LogP contribution is -2.60. The second-order valence-electron chi connectivity index (χ2n) is 8.28. The highest BCUT2D eigenvalue weighted by molar-refractivity contribution is 5.94. The van der Waals surface area contributed by atoms with Crippen LogP contribution in [-0.2, 0) is 25.6 Å². The molecule has 5 atom stereocenters. The van der Waals surface area contributed by atoms with Gasteiger partial charge in [-0.2, -0.15) is 0 Å². The predicted molar refractivity (Wildman–Crippen MR) is 118 cm³/mol. The fraction of sp³-hybridized carbons (Fsp3) is 0.545. The molecule has 32 heavy (non-hydrogen) atoms. The van der Waals surface area contributed by atoms with Crippen molar-refractivity contribution in [3.05, 3.63) is 35.9 Å². The molecule has 0 fully saturated rings. The third-order valence-electron chi connectivity index (χ3n) is 4.77. The van der Waals surface area contributed by atoms with Crippen LogP contribution in [0.15, 0.2) is 30.3 Å². The number of carboxylic acid groups (broad SMARTS) is 1. The van der Waals surface area contributed by atoms with Crippen LogP contribution in [0.4, 0.5) is 0 Å². The SMILES string of the molecule is CC(C)CC(N)C(=O)NC(C(=O)NC(Cc1ccccc1)C(=O)NC(C)C(=O)O)C(C)O. The number of rotatable bonds is 12. The van der Waals surface area contributed by atoms with E-state index in [9.17, 15) is 24.3 Å². The van der Waals surface area contributed by atoms with Crippen molar-refractivity contribution in [1.29, 1.82) is 0 Å². The molecule has 0 saturated carbocycles. The van der Waals surface area contributed by atoms with Gasteiger partial charge in [0.2, 0.25) is 17.7 Å². The summed E-state index contributed by atoms with van der Waals surface area (Å²) >= 11 is 0. The van der Waals surface area contributed by atoms with Crippen LogP contribution in [-0.4, -0.2) is 64.2 Å². The monoisotopic (exact) mass is 450 g/mol. The molecule has 1 rings (SSSR count). The second-order valence-corrected chi connectivity index (χ2v) is 8.28. The van der Waals surface area contributed by atoms with Crippen molar-refractivity contribution in [2.45, 2.75) is 70.8 Å². The summed E-state index contributed by atoms with van der Waals surface area (Å²) in [5, 5.41) is 26.4. The first-order valence-electron chi connectivity index (χ1n) is 10.5. The van der Waals surface area contributed by atoms with Crippen molar-refractivity contribution >= 4 is 23.7 Å². The van der Waals surface area contributed by atoms with Gasteiger partial charge in [-0.05, 0) is 31.7 Å². The van der Waals surface area contributed by atoms with Gasteiger partial charge in [-0.1, -0.05) is 44.2 Å². The Morgan fingerprint density at radius 2 is 1.50 bits per heavy atom. The van der Waals surface area contributed by atoms with E-state index >= 15 is 0 Å². The Kier molecular flexibility index (Phi) is 10.8. The zero-order valence-electron chi connectivity index (χ0n) is 18.9. The summed E-state index contributed by atoms with van der Waals surface area (Å²) in [4.78, 5) is 49.0. The molecule has 0 aliphatic heterocycles. The highest BCUT2D eigenvalue weighted by Gasteiger charge is 2.32. The molecule has 0 bridgehead atoms. The highest BCUT2D eigenvalue weighted by atomic mass is 16.4. The quantitative estimate of drug-likeness (QED) is 0.250. The first-order chi connectivity index (χ1) is 14.9. The lowest BCUT2D eigenvalue weighted by atomic mass is 10.0. The zero-order valence-corrected chi connectivity index (χ0v) is 18.9. The van der Waals surface area contributed by atoms with Crippen molar-refractivity contribution < 1.29 is 29.4 Å². The summed E-state index contributed by atoms with van der Waals surface area (Å²) in [5.41, 5.74) is 6.59. The standard InChI is InChI=1S/C22H34N4O6/c1-12(2)10-16(23)19(28)26-18(14(4)27)21(30)25-17(11-15-8-6-5-7-9-15)20(29)24-13(3)22(31)32/h5-9,12-14,16-18,27H,10-11,23H2,1-4H3,(H,24,29)(H,25,30)(H,26,28)(H,31,32). The van der Waals surface area contributed by atoms with E-state index in [4.69, 9.17) is 10.8 Å². The van der Waals surface area contributed by atoms with Crippen LogP contribution in [0.1, 0.15) is 39.7 Å². The van der Waals surface area contributed by atoms with Crippen LogP contribution in [0, 0.1) is 5.92 Å². The predicted octanol–water partition coefficient (Wildman–Crippen LogP) is -0.458. The van der Waals surface area contributed by atoms with Gasteiger partial charge >= 0.3 is 5.97 Å². The van der Waals surface area contributed by atoms with E-state index in [1.807, 2.05) is 13.8 Å². The van der Waals surface area contributed by atoms with Crippen molar-refractivity contribution in [3.8, 4) is 0 Å². The molecule has 3 amide bonds. The number of hydrogen-bond acceptors (Lipinski definition) is 6. The minimum absolute atomic E-state index is 0.0814. The van der Waals surface area contributed by atoms with E-state index in [0.29, 0.717) is 6.42 Å². The van der Waals surface area contributed by atoms with Crippen molar-refractivity contribution in [2.24, 2.45) is 11.7 Å². The molecule has 1 aromatic carbocycles. The molecule has 0 aliphatic rings. The molecule has 0 heterocycles. The summed E-state index contributed by atoms with van der Waals surface area (Å²) in [5.74, 6) is -3.15. The average molecular weight is 451 g/mol. The number of carbonyl (C=O) groups excluding carboxylic acids is 3. The number of nitrogens with two attached hydrogens (primary N) is 1. The molecule has 0 saturated heterocycles. The van der Waals surface area contributed by atoms with Crippen LogP contribution in [0.2, 0.25) is 0 Å². The number of aliphatic hydroxyl groups excluding tert-OH is 1. The molecular formula is C22H34N4O6. The fourth-order valence-corrected chi connectivity index (χ4v) is 2.98. The molecule has 0 aliphatic carbocycles. The third kappa shape index (κ3) is 9.03. The van der Waals surface area contributed by atoms with E-state index in [-0.39, 0.29) is 12.3 Å². The number of carboxylic acids is 1. The largest absolute Gasteiger partial charge is 0.480 e. The van der Waals surface area contributed by atoms with E-state index in [0.717, 1.165) is 5.56 Å². The van der Waals surface area contributed by atoms with E-state index in [1.54, 1.807) is 30.3 Å². The van der Waals surface area contributed by atoms with Crippen LogP contribution in [0.5, 0.6) is 0 Å². The van der Waals surface area contributed by atoms with Crippen molar-refractivity contribution in [2.75, 3.05) is 0 Å². The summed E-state index contributed by atoms with van der Waals surface area (Å²) in [6.45, 7) is 6.43. The van der Waals surface area contributed by atoms with Gasteiger partial charge in [-0.25, -0.2) is 0 Å². The number of amides is 3. The topological polar surface area (TPSA) is 171 Å². The van der Waals surface area contributed by atoms with Gasteiger partial charge in [0, 0.05) is 6.42 Å². The fourth-order valence-electron chi connectivity index (χ4n) is 2.98. The lowest BCUT2D eigenvalue weighted by Gasteiger charge is -2.26. The molecule has 1 aromatic rings. The Hall–Kier alpha value is -2.98. The summed E-state index contributed by atoms with van der Waals surface area (Å²) in [6, 6.07) is 4.34. The second kappa shape index (κ2) is 12.8. The van der Waals surface area contributed by atoms with Gasteiger partial charge in [-0.15, -0.1) is 0 Å². The minimum Gasteiger partial charge on any atom is -0.480 e. The third-order valence-corrected chi connectivity index (χ3v) is 4.77. The van der Waals surface area contributed by atoms with E-state index in [2.05, 4.69) is 16.0 Å². The van der Waals surface area contributed by atoms with Gasteiger partial charge < -0.3 is 31.9 Å². The van der Waals surface area contributed by atoms with Crippen LogP contribution in [0.25, 0.3) is 0 Å². The number of hydrogen-bond donors (Lipinski definition) is 6. The first kappa shape index (κ1) is 27.1. The van der Waals surface area contributed by atoms with E-state index in [1.165, 1.54) is 13.8 Å². The summed E-state index contributed by atoms with van der Waals surface area (Å²) < 4.78 is 0. The molecule has 0 aromatic heterocycles. The smallest absolute Gasteiger partial charge is 0.325 e. The lowest BCUT2D eigenvalue weighted by molar-refractivity contribution is -0.142. The number of aliphatic carboxylic acids is 1. The Morgan fingerprint density at radius 3 is 2.00 bits per heavy atom. The zero-order chi connectivity index (χ0) is 24.4. The highest BCUT2D eigenvalue weighted by Crippen LogP contribution is 2.07. The van der Waals surface area contributed by atoms with Gasteiger partial charge in [0.05, 0.1) is 12.1 Å². The van der Waals surface area contributed by atoms with Gasteiger partial charge in [0.25, 0.3) is 0 Å². The average Bonchev–Trinajstić information content (AvgIpc) is 2.70. The number of benzene rings is 1. The summed E-state index contributed by atoms with van der Waals surface area (Å²) in [6.07, 6.45) is -0.784. The van der Waals surface area contributed by atoms with Gasteiger partial charge in [-0.3, -0.25) is 19.2 Å².